The molecule has 128 valence electrons. The van der Waals surface area contributed by atoms with E-state index in [4.69, 9.17) is 0 Å². The molecule has 0 nitrogen and oxygen atoms in total. The number of thioether (sulfide) groups is 2. The van der Waals surface area contributed by atoms with Gasteiger partial charge in [0.1, 0.15) is 0 Å². The summed E-state index contributed by atoms with van der Waals surface area (Å²) in [5.74, 6) is 0. The summed E-state index contributed by atoms with van der Waals surface area (Å²) in [7, 11) is 0. The smallest absolute Gasteiger partial charge is 0.0804 e. The highest BCUT2D eigenvalue weighted by Gasteiger charge is 2.16. The van der Waals surface area contributed by atoms with Gasteiger partial charge in [0.15, 0.2) is 0 Å². The molecule has 0 radical (unpaired) electrons. The summed E-state index contributed by atoms with van der Waals surface area (Å²) in [6.07, 6.45) is 2.17. The molecule has 0 saturated carbocycles. The second kappa shape index (κ2) is 8.08. The second-order valence-electron chi connectivity index (χ2n) is 5.31. The minimum absolute atomic E-state index is 1.10. The van der Waals surface area contributed by atoms with Crippen LogP contribution in [0.25, 0.3) is 19.6 Å². The van der Waals surface area contributed by atoms with Crippen LogP contribution in [0.1, 0.15) is 26.4 Å². The van der Waals surface area contributed by atoms with Crippen molar-refractivity contribution in [2.24, 2.45) is 0 Å². The third kappa shape index (κ3) is 3.80. The van der Waals surface area contributed by atoms with E-state index < -0.39 is 0 Å². The summed E-state index contributed by atoms with van der Waals surface area (Å²) < 4.78 is 0. The van der Waals surface area contributed by atoms with Gasteiger partial charge in [-0.25, -0.2) is 0 Å². The summed E-state index contributed by atoms with van der Waals surface area (Å²) in [6, 6.07) is 12.8. The molecule has 5 heteroatoms. The first-order valence-electron chi connectivity index (χ1n) is 7.90. The van der Waals surface area contributed by atoms with Crippen molar-refractivity contribution in [2.75, 3.05) is 0 Å². The number of rotatable bonds is 6. The van der Waals surface area contributed by atoms with E-state index in [9.17, 15) is 0 Å². The fraction of sp³-hybridized carbons (Fsp3) is 0.0476. The standard InChI is InChI=1S/C21H14S5/c1-3-15(24-14(2)16-6-4-12-22-16)18-8-10-20(25-18)21-11-9-19(26-21)17-7-5-13-23-17/h3-8,10,12-13H,2H2,1H3/b15-3-. The molecular weight excluding hydrogens is 413 g/mol. The highest BCUT2D eigenvalue weighted by atomic mass is 32.2. The quantitative estimate of drug-likeness (QED) is 0.362. The Kier molecular flexibility index (Phi) is 5.58. The molecule has 0 unspecified atom stereocenters. The predicted molar refractivity (Wildman–Crippen MR) is 125 cm³/mol. The normalized spacial score (nSPS) is 13.8. The molecule has 4 rings (SSSR count). The zero-order valence-electron chi connectivity index (χ0n) is 13.9. The Balaban J connectivity index is 1.53. The number of hydrogen-bond donors (Lipinski definition) is 0. The van der Waals surface area contributed by atoms with Gasteiger partial charge < -0.3 is 0 Å². The van der Waals surface area contributed by atoms with Crippen LogP contribution in [-0.2, 0) is 0 Å². The van der Waals surface area contributed by atoms with E-state index in [2.05, 4.69) is 78.2 Å². The van der Waals surface area contributed by atoms with Crippen LogP contribution in [0.15, 0.2) is 71.3 Å². The summed E-state index contributed by atoms with van der Waals surface area (Å²) in [5.41, 5.74) is 6.60. The van der Waals surface area contributed by atoms with Crippen LogP contribution < -0.4 is 0 Å². The first-order chi connectivity index (χ1) is 12.7. The van der Waals surface area contributed by atoms with E-state index in [1.54, 1.807) is 57.5 Å². The van der Waals surface area contributed by atoms with E-state index >= 15 is 0 Å². The minimum Gasteiger partial charge on any atom is -0.143 e. The zero-order chi connectivity index (χ0) is 17.9. The predicted octanol–water partition coefficient (Wildman–Crippen LogP) is 8.52. The lowest BCUT2D eigenvalue weighted by molar-refractivity contribution is 1.77. The zero-order valence-corrected chi connectivity index (χ0v) is 18.0. The number of allylic oxidation sites excluding steroid dienone is 1. The highest BCUT2D eigenvalue weighted by Crippen LogP contribution is 2.47. The number of thiophene rings is 3. The van der Waals surface area contributed by atoms with Crippen LogP contribution in [-0.4, -0.2) is 0 Å². The van der Waals surface area contributed by atoms with Gasteiger partial charge in [-0.15, -0.1) is 34.0 Å². The van der Waals surface area contributed by atoms with Crippen molar-refractivity contribution < 1.29 is 0 Å². The van der Waals surface area contributed by atoms with Gasteiger partial charge in [-0.2, -0.15) is 0 Å². The Morgan fingerprint density at radius 1 is 0.962 bits per heavy atom. The first kappa shape index (κ1) is 18.0. The van der Waals surface area contributed by atoms with E-state index in [0.717, 1.165) is 14.7 Å². The summed E-state index contributed by atoms with van der Waals surface area (Å²) in [5, 5.41) is 4.19. The molecule has 1 aliphatic rings. The van der Waals surface area contributed by atoms with Gasteiger partial charge in [0.25, 0.3) is 0 Å². The van der Waals surface area contributed by atoms with E-state index in [1.165, 1.54) is 24.4 Å². The third-order valence-corrected chi connectivity index (χ3v) is 9.27. The SMILES string of the molecule is C=C(S/C(=C\C)c1ccc(C2=C=C=C(c3cccs3)S2)s1)c1cccs1. The van der Waals surface area contributed by atoms with Gasteiger partial charge >= 0.3 is 0 Å². The van der Waals surface area contributed by atoms with Crippen LogP contribution in [0.3, 0.4) is 0 Å². The maximum Gasteiger partial charge on any atom is 0.0804 e. The summed E-state index contributed by atoms with van der Waals surface area (Å²) >= 11 is 8.78. The Hall–Kier alpha value is -1.42. The van der Waals surface area contributed by atoms with Gasteiger partial charge in [-0.3, -0.25) is 0 Å². The molecule has 0 atom stereocenters. The molecule has 0 saturated heterocycles. The third-order valence-electron chi connectivity index (χ3n) is 3.60. The monoisotopic (exact) mass is 426 g/mol. The van der Waals surface area contributed by atoms with Crippen LogP contribution >= 0.6 is 57.5 Å². The van der Waals surface area contributed by atoms with Gasteiger partial charge in [0.2, 0.25) is 0 Å². The molecule has 0 N–H and O–H groups in total. The van der Waals surface area contributed by atoms with Crippen LogP contribution in [0.2, 0.25) is 0 Å². The molecule has 4 heterocycles. The van der Waals surface area contributed by atoms with Crippen molar-refractivity contribution in [2.45, 2.75) is 6.92 Å². The van der Waals surface area contributed by atoms with Crippen LogP contribution in [0, 0.1) is 0 Å². The van der Waals surface area contributed by atoms with Gasteiger partial charge in [0, 0.05) is 24.4 Å². The van der Waals surface area contributed by atoms with Crippen molar-refractivity contribution >= 4 is 77.2 Å². The fourth-order valence-electron chi connectivity index (χ4n) is 2.36. The molecule has 26 heavy (non-hydrogen) atoms. The number of hydrogen-bond acceptors (Lipinski definition) is 5. The van der Waals surface area contributed by atoms with Crippen LogP contribution in [0.4, 0.5) is 0 Å². The lowest BCUT2D eigenvalue weighted by Crippen LogP contribution is -1.75. The molecule has 0 bridgehead atoms. The Bertz CT molecular complexity index is 1060. The molecular formula is C21H14S5. The Labute approximate surface area is 174 Å². The van der Waals surface area contributed by atoms with Crippen molar-refractivity contribution in [1.82, 2.24) is 0 Å². The summed E-state index contributed by atoms with van der Waals surface area (Å²) in [4.78, 5) is 9.66. The van der Waals surface area contributed by atoms with E-state index in [1.807, 2.05) is 0 Å². The lowest BCUT2D eigenvalue weighted by atomic mass is 10.4. The second-order valence-corrected chi connectivity index (χ2v) is 10.4. The van der Waals surface area contributed by atoms with Gasteiger partial charge in [0.05, 0.1) is 14.7 Å². The highest BCUT2D eigenvalue weighted by molar-refractivity contribution is 8.17. The topological polar surface area (TPSA) is 0 Å². The molecule has 3 aromatic heterocycles. The Morgan fingerprint density at radius 2 is 1.73 bits per heavy atom. The Morgan fingerprint density at radius 3 is 2.42 bits per heavy atom. The van der Waals surface area contributed by atoms with Crippen molar-refractivity contribution in [1.29, 1.82) is 0 Å². The molecule has 0 fully saturated rings. The average molecular weight is 427 g/mol. The average Bonchev–Trinajstić information content (AvgIpc) is 3.43. The van der Waals surface area contributed by atoms with E-state index in [0.29, 0.717) is 0 Å². The van der Waals surface area contributed by atoms with Crippen molar-refractivity contribution in [3.63, 3.8) is 0 Å². The van der Waals surface area contributed by atoms with Crippen molar-refractivity contribution in [3.05, 3.63) is 90.8 Å². The lowest BCUT2D eigenvalue weighted by Gasteiger charge is -2.06. The molecule has 3 aromatic rings. The molecule has 0 spiro atoms. The maximum absolute atomic E-state index is 4.24. The molecule has 0 aromatic carbocycles. The summed E-state index contributed by atoms with van der Waals surface area (Å²) in [6.45, 7) is 6.32. The molecule has 0 amide bonds. The maximum atomic E-state index is 4.24. The molecule has 0 aliphatic carbocycles. The van der Waals surface area contributed by atoms with Crippen LogP contribution in [0.5, 0.6) is 0 Å². The van der Waals surface area contributed by atoms with E-state index in [-0.39, 0.29) is 0 Å². The van der Waals surface area contributed by atoms with Crippen molar-refractivity contribution in [3.8, 4) is 0 Å². The van der Waals surface area contributed by atoms with Gasteiger partial charge in [-0.05, 0) is 41.9 Å². The fourth-order valence-corrected chi connectivity index (χ4v) is 6.95. The first-order valence-corrected chi connectivity index (χ1v) is 12.1. The largest absolute Gasteiger partial charge is 0.143 e. The minimum atomic E-state index is 1.10. The van der Waals surface area contributed by atoms with Gasteiger partial charge in [-0.1, -0.05) is 59.8 Å². The molecule has 1 aliphatic heterocycles.